The monoisotopic (exact) mass is 221 g/mol. The van der Waals surface area contributed by atoms with E-state index in [2.05, 4.69) is 4.98 Å². The van der Waals surface area contributed by atoms with E-state index in [1.165, 1.54) is 0 Å². The molecule has 78 valence electrons. The van der Waals surface area contributed by atoms with Crippen LogP contribution in [-0.4, -0.2) is 10.8 Å². The van der Waals surface area contributed by atoms with Gasteiger partial charge in [-0.1, -0.05) is 0 Å². The molecule has 0 saturated heterocycles. The molecule has 4 heteroatoms. The van der Waals surface area contributed by atoms with Crippen molar-refractivity contribution in [2.24, 2.45) is 0 Å². The van der Waals surface area contributed by atoms with Crippen molar-refractivity contribution in [2.75, 3.05) is 0 Å². The molecule has 0 aromatic carbocycles. The van der Waals surface area contributed by atoms with E-state index in [0.29, 0.717) is 12.8 Å². The van der Waals surface area contributed by atoms with Gasteiger partial charge in [0.1, 0.15) is 16.6 Å². The van der Waals surface area contributed by atoms with E-state index in [1.807, 2.05) is 12.1 Å². The number of carbonyl (C=O) groups is 1. The highest BCUT2D eigenvalue weighted by Crippen LogP contribution is 2.17. The van der Waals surface area contributed by atoms with Gasteiger partial charge in [0, 0.05) is 17.5 Å². The summed E-state index contributed by atoms with van der Waals surface area (Å²) < 4.78 is 5.23. The van der Waals surface area contributed by atoms with Crippen LogP contribution in [0.1, 0.15) is 22.6 Å². The molecule has 0 spiro atoms. The Balaban J connectivity index is 2.04. The highest BCUT2D eigenvalue weighted by atomic mass is 32.1. The topological polar surface area (TPSA) is 43.1 Å². The number of hydrogen-bond donors (Lipinski definition) is 0. The second-order valence-electron chi connectivity index (χ2n) is 3.36. The number of Topliss-reactive ketones (excluding diaryl/α,β-unsaturated/α-hetero) is 1. The Kier molecular flexibility index (Phi) is 2.97. The molecule has 0 N–H and O–H groups in total. The molecule has 0 radical (unpaired) electrons. The molecule has 0 amide bonds. The Morgan fingerprint density at radius 1 is 1.60 bits per heavy atom. The molecule has 0 unspecified atom stereocenters. The Morgan fingerprint density at radius 2 is 2.47 bits per heavy atom. The summed E-state index contributed by atoms with van der Waals surface area (Å²) in [5, 5.41) is 0.987. The zero-order valence-electron chi connectivity index (χ0n) is 8.40. The number of thiazole rings is 1. The number of furan rings is 1. The number of hydrogen-bond acceptors (Lipinski definition) is 4. The normalized spacial score (nSPS) is 10.5. The van der Waals surface area contributed by atoms with Crippen LogP contribution in [0.2, 0.25) is 0 Å². The van der Waals surface area contributed by atoms with Gasteiger partial charge in [0.2, 0.25) is 0 Å². The van der Waals surface area contributed by atoms with Crippen LogP contribution in [0.4, 0.5) is 0 Å². The van der Waals surface area contributed by atoms with E-state index in [9.17, 15) is 4.79 Å². The van der Waals surface area contributed by atoms with Crippen LogP contribution in [-0.2, 0) is 17.6 Å². The van der Waals surface area contributed by atoms with E-state index in [0.717, 1.165) is 15.6 Å². The van der Waals surface area contributed by atoms with Gasteiger partial charge >= 0.3 is 0 Å². The summed E-state index contributed by atoms with van der Waals surface area (Å²) in [6.45, 7) is 1.59. The first-order valence-corrected chi connectivity index (χ1v) is 5.51. The maximum Gasteiger partial charge on any atom is 0.135 e. The summed E-state index contributed by atoms with van der Waals surface area (Å²) in [5.74, 6) is 1.07. The maximum absolute atomic E-state index is 10.9. The number of carbonyl (C=O) groups excluding carboxylic acids is 1. The van der Waals surface area contributed by atoms with E-state index >= 15 is 0 Å². The standard InChI is InChI=1S/C11H11NO2S/c1-8(13)5-10-7-12-11(15-10)6-9-3-2-4-14-9/h2-4,7H,5-6H2,1H3. The average molecular weight is 221 g/mol. The summed E-state index contributed by atoms with van der Waals surface area (Å²) in [6, 6.07) is 3.78. The molecule has 0 bridgehead atoms. The number of aromatic nitrogens is 1. The van der Waals surface area contributed by atoms with E-state index < -0.39 is 0 Å². The lowest BCUT2D eigenvalue weighted by molar-refractivity contribution is -0.116. The minimum Gasteiger partial charge on any atom is -0.469 e. The summed E-state index contributed by atoms with van der Waals surface area (Å²) in [7, 11) is 0. The van der Waals surface area contributed by atoms with Crippen molar-refractivity contribution < 1.29 is 9.21 Å². The van der Waals surface area contributed by atoms with Gasteiger partial charge in [-0.15, -0.1) is 11.3 Å². The van der Waals surface area contributed by atoms with Gasteiger partial charge in [-0.3, -0.25) is 4.79 Å². The Labute approximate surface area is 91.8 Å². The number of ketones is 1. The minimum absolute atomic E-state index is 0.170. The van der Waals surface area contributed by atoms with Crippen LogP contribution < -0.4 is 0 Å². The van der Waals surface area contributed by atoms with Gasteiger partial charge in [0.25, 0.3) is 0 Å². The first-order valence-electron chi connectivity index (χ1n) is 4.69. The summed E-state index contributed by atoms with van der Waals surface area (Å²) in [6.07, 6.45) is 4.61. The van der Waals surface area contributed by atoms with E-state index in [4.69, 9.17) is 4.42 Å². The second-order valence-corrected chi connectivity index (χ2v) is 4.55. The fraction of sp³-hybridized carbons (Fsp3) is 0.273. The van der Waals surface area contributed by atoms with Crippen molar-refractivity contribution in [2.45, 2.75) is 19.8 Å². The molecule has 0 aliphatic carbocycles. The molecule has 0 aliphatic rings. The minimum atomic E-state index is 0.170. The van der Waals surface area contributed by atoms with Crippen LogP contribution >= 0.6 is 11.3 Å². The third-order valence-corrected chi connectivity index (χ3v) is 2.93. The molecule has 2 aromatic heterocycles. The van der Waals surface area contributed by atoms with Crippen LogP contribution in [0.15, 0.2) is 29.0 Å². The van der Waals surface area contributed by atoms with Crippen LogP contribution in [0.5, 0.6) is 0 Å². The lowest BCUT2D eigenvalue weighted by atomic mass is 10.3. The fourth-order valence-electron chi connectivity index (χ4n) is 1.32. The van der Waals surface area contributed by atoms with Gasteiger partial charge in [-0.2, -0.15) is 0 Å². The van der Waals surface area contributed by atoms with Crippen molar-refractivity contribution in [3.8, 4) is 0 Å². The molecule has 0 fully saturated rings. The molecular weight excluding hydrogens is 210 g/mol. The first-order chi connectivity index (χ1) is 7.24. The third-order valence-electron chi connectivity index (χ3n) is 1.93. The van der Waals surface area contributed by atoms with Crippen LogP contribution in [0.25, 0.3) is 0 Å². The molecule has 0 atom stereocenters. The molecular formula is C11H11NO2S. The highest BCUT2D eigenvalue weighted by Gasteiger charge is 2.06. The third kappa shape index (κ3) is 2.76. The second kappa shape index (κ2) is 4.40. The fourth-order valence-corrected chi connectivity index (χ4v) is 2.32. The Hall–Kier alpha value is -1.42. The maximum atomic E-state index is 10.9. The largest absolute Gasteiger partial charge is 0.469 e. The van der Waals surface area contributed by atoms with E-state index in [-0.39, 0.29) is 5.78 Å². The van der Waals surface area contributed by atoms with E-state index in [1.54, 1.807) is 30.7 Å². The average Bonchev–Trinajstić information content (AvgIpc) is 2.77. The van der Waals surface area contributed by atoms with Gasteiger partial charge < -0.3 is 4.42 Å². The van der Waals surface area contributed by atoms with Crippen molar-refractivity contribution >= 4 is 17.1 Å². The molecule has 15 heavy (non-hydrogen) atoms. The van der Waals surface area contributed by atoms with Gasteiger partial charge in [0.15, 0.2) is 0 Å². The summed E-state index contributed by atoms with van der Waals surface area (Å²) in [4.78, 5) is 16.2. The molecule has 0 saturated carbocycles. The van der Waals surface area contributed by atoms with Crippen LogP contribution in [0.3, 0.4) is 0 Å². The molecule has 3 nitrogen and oxygen atoms in total. The van der Waals surface area contributed by atoms with Crippen LogP contribution in [0, 0.1) is 0 Å². The van der Waals surface area contributed by atoms with Crippen molar-refractivity contribution in [3.63, 3.8) is 0 Å². The molecule has 0 aliphatic heterocycles. The zero-order valence-corrected chi connectivity index (χ0v) is 9.21. The number of rotatable bonds is 4. The molecule has 2 heterocycles. The lowest BCUT2D eigenvalue weighted by Crippen LogP contribution is -1.92. The van der Waals surface area contributed by atoms with Gasteiger partial charge in [-0.25, -0.2) is 4.98 Å². The van der Waals surface area contributed by atoms with Crippen molar-refractivity contribution in [3.05, 3.63) is 40.2 Å². The zero-order chi connectivity index (χ0) is 10.7. The van der Waals surface area contributed by atoms with Gasteiger partial charge in [-0.05, 0) is 19.1 Å². The Morgan fingerprint density at radius 3 is 3.13 bits per heavy atom. The molecule has 2 aromatic rings. The first kappa shape index (κ1) is 10.1. The predicted molar refractivity (Wildman–Crippen MR) is 58.0 cm³/mol. The molecule has 2 rings (SSSR count). The quantitative estimate of drug-likeness (QED) is 0.796. The van der Waals surface area contributed by atoms with Crippen molar-refractivity contribution in [1.29, 1.82) is 0 Å². The smallest absolute Gasteiger partial charge is 0.135 e. The summed E-state index contributed by atoms with van der Waals surface area (Å²) in [5.41, 5.74) is 0. The predicted octanol–water partition coefficient (Wildman–Crippen LogP) is 2.46. The summed E-state index contributed by atoms with van der Waals surface area (Å²) >= 11 is 1.57. The van der Waals surface area contributed by atoms with Gasteiger partial charge in [0.05, 0.1) is 12.7 Å². The number of nitrogens with zero attached hydrogens (tertiary/aromatic N) is 1. The Bertz CT molecular complexity index is 445. The SMILES string of the molecule is CC(=O)Cc1cnc(Cc2ccco2)s1. The lowest BCUT2D eigenvalue weighted by Gasteiger charge is -1.90. The highest BCUT2D eigenvalue weighted by molar-refractivity contribution is 7.11. The van der Waals surface area contributed by atoms with Crippen molar-refractivity contribution in [1.82, 2.24) is 4.98 Å².